The second-order valence-corrected chi connectivity index (χ2v) is 6.72. The van der Waals surface area contributed by atoms with E-state index in [1.165, 1.54) is 19.3 Å². The summed E-state index contributed by atoms with van der Waals surface area (Å²) < 4.78 is 5.92. The van der Waals surface area contributed by atoms with Gasteiger partial charge in [-0.1, -0.05) is 47.5 Å². The second-order valence-electron chi connectivity index (χ2n) is 6.72. The van der Waals surface area contributed by atoms with Gasteiger partial charge < -0.3 is 4.74 Å². The SMILES string of the molecule is CC.CCCC(C)(C(=O)OC1(C)CCCCC1)C(C)C. The standard InChI is InChI=1S/C16H30O2.C2H6/c1-6-10-16(5,13(2)3)14(17)18-15(4)11-8-7-9-12-15;1-2/h13H,6-12H2,1-5H3;1-2H3. The van der Waals surface area contributed by atoms with Gasteiger partial charge in [0.25, 0.3) is 0 Å². The van der Waals surface area contributed by atoms with Crippen molar-refractivity contribution in [3.05, 3.63) is 0 Å². The minimum atomic E-state index is -0.324. The van der Waals surface area contributed by atoms with Crippen molar-refractivity contribution >= 4 is 5.97 Å². The normalized spacial score (nSPS) is 20.6. The summed E-state index contributed by atoms with van der Waals surface area (Å²) >= 11 is 0. The van der Waals surface area contributed by atoms with Gasteiger partial charge in [-0.25, -0.2) is 0 Å². The molecule has 0 aromatic heterocycles. The van der Waals surface area contributed by atoms with Crippen molar-refractivity contribution in [3.8, 4) is 0 Å². The fourth-order valence-corrected chi connectivity index (χ4v) is 2.89. The van der Waals surface area contributed by atoms with E-state index in [1.54, 1.807) is 0 Å². The van der Waals surface area contributed by atoms with Gasteiger partial charge in [0.05, 0.1) is 5.41 Å². The molecule has 1 unspecified atom stereocenters. The number of carbonyl (C=O) groups excluding carboxylic acids is 1. The molecule has 2 nitrogen and oxygen atoms in total. The molecule has 1 aliphatic rings. The summed E-state index contributed by atoms with van der Waals surface area (Å²) in [6.07, 6.45) is 7.66. The van der Waals surface area contributed by atoms with Crippen LogP contribution in [0.15, 0.2) is 0 Å². The Bertz CT molecular complexity index is 277. The van der Waals surface area contributed by atoms with E-state index in [-0.39, 0.29) is 17.0 Å². The molecular weight excluding hydrogens is 248 g/mol. The number of ether oxygens (including phenoxy) is 1. The fourth-order valence-electron chi connectivity index (χ4n) is 2.89. The maximum Gasteiger partial charge on any atom is 0.312 e. The lowest BCUT2D eigenvalue weighted by Gasteiger charge is -2.39. The Morgan fingerprint density at radius 2 is 1.70 bits per heavy atom. The zero-order valence-electron chi connectivity index (χ0n) is 14.8. The molecule has 2 heteroatoms. The molecule has 120 valence electrons. The van der Waals surface area contributed by atoms with Crippen LogP contribution >= 0.6 is 0 Å². The Labute approximate surface area is 126 Å². The summed E-state index contributed by atoms with van der Waals surface area (Å²) in [5.41, 5.74) is -0.533. The van der Waals surface area contributed by atoms with Gasteiger partial charge in [-0.05, 0) is 51.9 Å². The zero-order chi connectivity index (χ0) is 15.8. The molecule has 0 aromatic rings. The molecular formula is C18H36O2. The van der Waals surface area contributed by atoms with Crippen molar-refractivity contribution in [1.29, 1.82) is 0 Å². The van der Waals surface area contributed by atoms with Gasteiger partial charge in [0.1, 0.15) is 5.60 Å². The topological polar surface area (TPSA) is 26.3 Å². The molecule has 1 saturated carbocycles. The van der Waals surface area contributed by atoms with Crippen LogP contribution in [0.4, 0.5) is 0 Å². The van der Waals surface area contributed by atoms with Crippen LogP contribution < -0.4 is 0 Å². The van der Waals surface area contributed by atoms with Gasteiger partial charge in [-0.2, -0.15) is 0 Å². The molecule has 1 fully saturated rings. The summed E-state index contributed by atoms with van der Waals surface area (Å²) in [7, 11) is 0. The Balaban J connectivity index is 0.00000172. The van der Waals surface area contributed by atoms with Crippen molar-refractivity contribution in [2.24, 2.45) is 11.3 Å². The first kappa shape index (κ1) is 19.5. The molecule has 0 amide bonds. The van der Waals surface area contributed by atoms with Crippen LogP contribution in [0.25, 0.3) is 0 Å². The Kier molecular flexibility index (Phi) is 8.46. The number of carbonyl (C=O) groups is 1. The Hall–Kier alpha value is -0.530. The summed E-state index contributed by atoms with van der Waals surface area (Å²) in [4.78, 5) is 12.5. The number of hydrogen-bond donors (Lipinski definition) is 0. The van der Waals surface area contributed by atoms with Crippen molar-refractivity contribution in [3.63, 3.8) is 0 Å². The monoisotopic (exact) mass is 284 g/mol. The minimum absolute atomic E-state index is 0.0174. The smallest absolute Gasteiger partial charge is 0.312 e. The van der Waals surface area contributed by atoms with Gasteiger partial charge in [0, 0.05) is 0 Å². The summed E-state index contributed by atoms with van der Waals surface area (Å²) in [6, 6.07) is 0. The summed E-state index contributed by atoms with van der Waals surface area (Å²) in [5, 5.41) is 0. The average Bonchev–Trinajstić information content (AvgIpc) is 2.41. The highest BCUT2D eigenvalue weighted by Gasteiger charge is 2.41. The highest BCUT2D eigenvalue weighted by atomic mass is 16.6. The van der Waals surface area contributed by atoms with Crippen molar-refractivity contribution in [2.75, 3.05) is 0 Å². The van der Waals surface area contributed by atoms with E-state index >= 15 is 0 Å². The predicted molar refractivity (Wildman–Crippen MR) is 86.8 cm³/mol. The minimum Gasteiger partial charge on any atom is -0.459 e. The third-order valence-electron chi connectivity index (χ3n) is 4.76. The Morgan fingerprint density at radius 1 is 1.20 bits per heavy atom. The van der Waals surface area contributed by atoms with Crippen molar-refractivity contribution in [2.45, 2.75) is 99.0 Å². The number of esters is 1. The van der Waals surface area contributed by atoms with Gasteiger partial charge >= 0.3 is 5.97 Å². The van der Waals surface area contributed by atoms with Crippen molar-refractivity contribution < 1.29 is 9.53 Å². The van der Waals surface area contributed by atoms with E-state index < -0.39 is 0 Å². The highest BCUT2D eigenvalue weighted by Crippen LogP contribution is 2.38. The number of hydrogen-bond acceptors (Lipinski definition) is 2. The molecule has 0 saturated heterocycles. The fraction of sp³-hybridized carbons (Fsp3) is 0.944. The molecule has 20 heavy (non-hydrogen) atoms. The lowest BCUT2D eigenvalue weighted by Crippen LogP contribution is -2.42. The first-order valence-corrected chi connectivity index (χ1v) is 8.57. The van der Waals surface area contributed by atoms with Gasteiger partial charge in [-0.3, -0.25) is 4.79 Å². The van der Waals surface area contributed by atoms with E-state index in [2.05, 4.69) is 34.6 Å². The van der Waals surface area contributed by atoms with Gasteiger partial charge in [-0.15, -0.1) is 0 Å². The average molecular weight is 284 g/mol. The third kappa shape index (κ3) is 5.10. The lowest BCUT2D eigenvalue weighted by molar-refractivity contribution is -0.176. The molecule has 0 spiro atoms. The molecule has 1 rings (SSSR count). The first-order valence-electron chi connectivity index (χ1n) is 8.57. The highest BCUT2D eigenvalue weighted by molar-refractivity contribution is 5.77. The van der Waals surface area contributed by atoms with Crippen LogP contribution in [0.1, 0.15) is 93.4 Å². The molecule has 1 atom stereocenters. The van der Waals surface area contributed by atoms with E-state index in [4.69, 9.17) is 4.74 Å². The quantitative estimate of drug-likeness (QED) is 0.602. The largest absolute Gasteiger partial charge is 0.459 e. The van der Waals surface area contributed by atoms with Crippen LogP contribution in [-0.4, -0.2) is 11.6 Å². The summed E-state index contributed by atoms with van der Waals surface area (Å²) in [5.74, 6) is 0.348. The van der Waals surface area contributed by atoms with E-state index in [9.17, 15) is 4.79 Å². The molecule has 0 bridgehead atoms. The van der Waals surface area contributed by atoms with Crippen LogP contribution in [-0.2, 0) is 9.53 Å². The van der Waals surface area contributed by atoms with E-state index in [0.717, 1.165) is 25.7 Å². The predicted octanol–water partition coefficient (Wildman–Crippen LogP) is 5.74. The van der Waals surface area contributed by atoms with E-state index in [1.807, 2.05) is 13.8 Å². The molecule has 0 aromatic carbocycles. The lowest BCUT2D eigenvalue weighted by atomic mass is 9.75. The first-order chi connectivity index (χ1) is 9.34. The maximum absolute atomic E-state index is 12.5. The summed E-state index contributed by atoms with van der Waals surface area (Å²) in [6.45, 7) is 14.6. The number of rotatable bonds is 5. The van der Waals surface area contributed by atoms with Gasteiger partial charge in [0.2, 0.25) is 0 Å². The van der Waals surface area contributed by atoms with Crippen LogP contribution in [0.3, 0.4) is 0 Å². The van der Waals surface area contributed by atoms with Crippen LogP contribution in [0.2, 0.25) is 0 Å². The van der Waals surface area contributed by atoms with Gasteiger partial charge in [0.15, 0.2) is 0 Å². The zero-order valence-corrected chi connectivity index (χ0v) is 14.8. The van der Waals surface area contributed by atoms with Crippen molar-refractivity contribution in [1.82, 2.24) is 0 Å². The van der Waals surface area contributed by atoms with E-state index in [0.29, 0.717) is 5.92 Å². The maximum atomic E-state index is 12.5. The molecule has 1 aliphatic carbocycles. The Morgan fingerprint density at radius 3 is 2.10 bits per heavy atom. The molecule has 0 aliphatic heterocycles. The molecule has 0 N–H and O–H groups in total. The molecule has 0 heterocycles. The van der Waals surface area contributed by atoms with Crippen LogP contribution in [0, 0.1) is 11.3 Å². The molecule has 0 radical (unpaired) electrons. The third-order valence-corrected chi connectivity index (χ3v) is 4.76. The van der Waals surface area contributed by atoms with Crippen LogP contribution in [0.5, 0.6) is 0 Å². The second kappa shape index (κ2) is 8.69.